The predicted molar refractivity (Wildman–Crippen MR) is 282 cm³/mol. The van der Waals surface area contributed by atoms with Crippen LogP contribution in [-0.4, -0.2) is 13.5 Å². The summed E-state index contributed by atoms with van der Waals surface area (Å²) in [5.74, 6) is 0. The van der Waals surface area contributed by atoms with Gasteiger partial charge in [-0.2, -0.15) is 0 Å². The molecule has 0 N–H and O–H groups in total. The first-order valence-electron chi connectivity index (χ1n) is 22.8. The van der Waals surface area contributed by atoms with Crippen LogP contribution < -0.4 is 5.56 Å². The van der Waals surface area contributed by atoms with E-state index in [1.165, 1.54) is 27.1 Å². The number of aromatic nitrogens is 3. The van der Waals surface area contributed by atoms with Gasteiger partial charge in [-0.25, -0.2) is 0 Å². The number of hydrogen-bond donors (Lipinski definition) is 0. The van der Waals surface area contributed by atoms with Crippen molar-refractivity contribution in [1.29, 1.82) is 0 Å². The zero-order valence-electron chi connectivity index (χ0n) is 36.5. The fraction of sp³-hybridized carbons (Fsp3) is 0.0161. The zero-order valence-corrected chi connectivity index (χ0v) is 36.5. The molecule has 5 heteroatoms. The molecule has 0 amide bonds. The van der Waals surface area contributed by atoms with Crippen molar-refractivity contribution in [3.8, 4) is 22.5 Å². The zero-order chi connectivity index (χ0) is 44.5. The summed E-state index contributed by atoms with van der Waals surface area (Å²) in [5.41, 5.74) is 14.5. The van der Waals surface area contributed by atoms with Crippen LogP contribution >= 0.6 is 0 Å². The van der Waals surface area contributed by atoms with Crippen molar-refractivity contribution in [2.45, 2.75) is 6.92 Å². The van der Waals surface area contributed by atoms with Crippen LogP contribution in [0.1, 0.15) is 12.5 Å². The number of furan rings is 1. The first kappa shape index (κ1) is 37.4. The van der Waals surface area contributed by atoms with Crippen molar-refractivity contribution in [2.24, 2.45) is 0 Å². The molecule has 0 saturated heterocycles. The third-order valence-electron chi connectivity index (χ3n) is 14.0. The van der Waals surface area contributed by atoms with Crippen molar-refractivity contribution >= 4 is 109 Å². The van der Waals surface area contributed by atoms with Gasteiger partial charge in [0.25, 0.3) is 5.56 Å². The molecule has 0 aliphatic carbocycles. The van der Waals surface area contributed by atoms with E-state index in [4.69, 9.17) is 4.42 Å². The Morgan fingerprint density at radius 2 is 1.15 bits per heavy atom. The van der Waals surface area contributed by atoms with E-state index in [0.717, 1.165) is 105 Å². The molecule has 0 saturated carbocycles. The first-order chi connectivity index (χ1) is 33.1. The fourth-order valence-corrected chi connectivity index (χ4v) is 11.2. The smallest absolute Gasteiger partial charge is 0.263 e. The molecule has 0 atom stereocenters. The quantitative estimate of drug-likeness (QED) is 0.124. The lowest BCUT2D eigenvalue weighted by Gasteiger charge is -2.11. The Balaban J connectivity index is 1.04. The van der Waals surface area contributed by atoms with E-state index in [-0.39, 0.29) is 5.56 Å². The largest absolute Gasteiger partial charge is 0.456 e. The van der Waals surface area contributed by atoms with Gasteiger partial charge in [0, 0.05) is 65.2 Å². The molecular weight excluding hydrogens is 819 g/mol. The summed E-state index contributed by atoms with van der Waals surface area (Å²) in [4.78, 5) is 14.4. The summed E-state index contributed by atoms with van der Waals surface area (Å²) in [6, 6.07) is 64.8. The first-order valence-corrected chi connectivity index (χ1v) is 22.8. The van der Waals surface area contributed by atoms with E-state index in [9.17, 15) is 4.79 Å². The second-order valence-corrected chi connectivity index (χ2v) is 17.6. The van der Waals surface area contributed by atoms with Gasteiger partial charge in [0.2, 0.25) is 0 Å². The average Bonchev–Trinajstić information content (AvgIpc) is 4.11. The lowest BCUT2D eigenvalue weighted by atomic mass is 9.94. The van der Waals surface area contributed by atoms with Crippen LogP contribution in [-0.2, 0) is 0 Å². The lowest BCUT2D eigenvalue weighted by Crippen LogP contribution is -2.12. The minimum absolute atomic E-state index is 0.0123. The maximum atomic E-state index is 14.4. The Labute approximate surface area is 383 Å². The average molecular weight is 858 g/mol. The third kappa shape index (κ3) is 5.22. The van der Waals surface area contributed by atoms with Gasteiger partial charge in [0.1, 0.15) is 11.2 Å². The third-order valence-corrected chi connectivity index (χ3v) is 14.0. The summed E-state index contributed by atoms with van der Waals surface area (Å²) >= 11 is 0. The van der Waals surface area contributed by atoms with Gasteiger partial charge >= 0.3 is 0 Å². The number of para-hydroxylation sites is 3. The van der Waals surface area contributed by atoms with E-state index in [2.05, 4.69) is 186 Å². The van der Waals surface area contributed by atoms with Crippen LogP contribution in [0.25, 0.3) is 132 Å². The van der Waals surface area contributed by atoms with Gasteiger partial charge in [-0.1, -0.05) is 122 Å². The molecule has 14 aromatic rings. The van der Waals surface area contributed by atoms with Crippen molar-refractivity contribution in [3.63, 3.8) is 0 Å². The molecule has 314 valence electrons. The van der Waals surface area contributed by atoms with Gasteiger partial charge in [-0.05, 0) is 126 Å². The topological polar surface area (TPSA) is 44.5 Å². The van der Waals surface area contributed by atoms with E-state index >= 15 is 0 Å². The number of hydrogen-bond acceptors (Lipinski definition) is 2. The van der Waals surface area contributed by atoms with Crippen LogP contribution in [0.4, 0.5) is 0 Å². The molecule has 14 rings (SSSR count). The highest BCUT2D eigenvalue weighted by molar-refractivity contribution is 6.24. The standard InChI is InChI=1S/C62H39N3O2/c1-3-15-37(16-4-2)38-27-29-55-47(31-38)51-33-39(32-50-43-19-8-9-22-46(43)62(66)65(55)61(50)51)42-23-14-26-59-60(42)52-34-41(28-30-58(52)67-59)64-54-25-13-11-21-45(54)49-35-48-44-20-10-12-24-53(44)63(56(48)36-57(49)64)40-17-6-5-7-18-40/h3-36H,1H2,2H3/b16-4-,37-15+. The summed E-state index contributed by atoms with van der Waals surface area (Å²) in [5, 5.41) is 11.7. The predicted octanol–water partition coefficient (Wildman–Crippen LogP) is 16.1. The highest BCUT2D eigenvalue weighted by Crippen LogP contribution is 2.45. The molecule has 5 nitrogen and oxygen atoms in total. The molecule has 67 heavy (non-hydrogen) atoms. The van der Waals surface area contributed by atoms with Crippen molar-refractivity contribution in [2.75, 3.05) is 0 Å². The molecule has 0 bridgehead atoms. The highest BCUT2D eigenvalue weighted by Gasteiger charge is 2.23. The molecule has 0 spiro atoms. The number of nitrogens with zero attached hydrogens (tertiary/aromatic N) is 3. The van der Waals surface area contributed by atoms with Gasteiger partial charge in [0.15, 0.2) is 0 Å². The normalized spacial score (nSPS) is 12.7. The molecule has 0 fully saturated rings. The van der Waals surface area contributed by atoms with Crippen LogP contribution in [0.5, 0.6) is 0 Å². The molecule has 5 heterocycles. The number of benzene rings is 9. The van der Waals surface area contributed by atoms with Crippen molar-refractivity contribution in [1.82, 2.24) is 13.5 Å². The highest BCUT2D eigenvalue weighted by atomic mass is 16.3. The Morgan fingerprint density at radius 1 is 0.493 bits per heavy atom. The minimum Gasteiger partial charge on any atom is -0.456 e. The van der Waals surface area contributed by atoms with Crippen molar-refractivity contribution < 1.29 is 4.42 Å². The van der Waals surface area contributed by atoms with Gasteiger partial charge < -0.3 is 13.6 Å². The molecule has 5 aromatic heterocycles. The lowest BCUT2D eigenvalue weighted by molar-refractivity contribution is 0.669. The van der Waals surface area contributed by atoms with E-state index in [1.54, 1.807) is 0 Å². The van der Waals surface area contributed by atoms with E-state index in [1.807, 2.05) is 47.8 Å². The van der Waals surface area contributed by atoms with Crippen LogP contribution in [0.15, 0.2) is 222 Å². The van der Waals surface area contributed by atoms with Gasteiger partial charge in [0.05, 0.1) is 33.1 Å². The molecule has 9 aromatic carbocycles. The Kier molecular flexibility index (Phi) is 7.84. The van der Waals surface area contributed by atoms with Gasteiger partial charge in [-0.3, -0.25) is 9.20 Å². The number of allylic oxidation sites excluding steroid dienone is 5. The summed E-state index contributed by atoms with van der Waals surface area (Å²) < 4.78 is 13.4. The second kappa shape index (κ2) is 14.0. The van der Waals surface area contributed by atoms with Crippen LogP contribution in [0.3, 0.4) is 0 Å². The Morgan fingerprint density at radius 3 is 1.88 bits per heavy atom. The number of rotatable bonds is 6. The monoisotopic (exact) mass is 857 g/mol. The molecule has 0 aliphatic heterocycles. The molecule has 0 aliphatic rings. The second-order valence-electron chi connectivity index (χ2n) is 17.6. The van der Waals surface area contributed by atoms with E-state index in [0.29, 0.717) is 5.39 Å². The summed E-state index contributed by atoms with van der Waals surface area (Å²) in [6.45, 7) is 6.01. The molecule has 0 unspecified atom stereocenters. The molecular formula is C62H39N3O2. The number of fused-ring (bicyclic) bond motifs is 14. The fourth-order valence-electron chi connectivity index (χ4n) is 11.2. The molecule has 0 radical (unpaired) electrons. The number of pyridine rings is 1. The Hall–Kier alpha value is -8.93. The summed E-state index contributed by atoms with van der Waals surface area (Å²) in [6.07, 6.45) is 7.99. The van der Waals surface area contributed by atoms with Crippen LogP contribution in [0, 0.1) is 0 Å². The SMILES string of the molecule is C=C/C=C(\C=C/C)c1ccc2c(c1)c1cc(-c3cccc4oc5ccc(-n6c7ccccc7c7cc8c9ccccc9n(-c9ccccc9)c8cc76)cc5c34)cc3c4ccccc4c(=O)n2c31. The minimum atomic E-state index is -0.0123. The Bertz CT molecular complexity index is 4550. The van der Waals surface area contributed by atoms with E-state index < -0.39 is 0 Å². The van der Waals surface area contributed by atoms with Gasteiger partial charge in [-0.15, -0.1) is 0 Å². The summed E-state index contributed by atoms with van der Waals surface area (Å²) in [7, 11) is 0. The van der Waals surface area contributed by atoms with Crippen LogP contribution in [0.2, 0.25) is 0 Å². The van der Waals surface area contributed by atoms with Crippen molar-refractivity contribution in [3.05, 3.63) is 229 Å². The maximum Gasteiger partial charge on any atom is 0.263 e. The maximum absolute atomic E-state index is 14.4.